The van der Waals surface area contributed by atoms with Crippen molar-refractivity contribution >= 4 is 11.9 Å². The topological polar surface area (TPSA) is 81.4 Å². The Bertz CT molecular complexity index is 409. The van der Waals surface area contributed by atoms with E-state index < -0.39 is 11.9 Å². The molecule has 1 heterocycles. The van der Waals surface area contributed by atoms with Gasteiger partial charge in [-0.15, -0.1) is 0 Å². The van der Waals surface area contributed by atoms with Crippen molar-refractivity contribution in [1.82, 2.24) is 9.78 Å². The van der Waals surface area contributed by atoms with E-state index >= 15 is 0 Å². The highest BCUT2D eigenvalue weighted by Crippen LogP contribution is 2.12. The maximum Gasteiger partial charge on any atom is 0.359 e. The Labute approximate surface area is 92.8 Å². The summed E-state index contributed by atoms with van der Waals surface area (Å²) in [6.07, 6.45) is 1.33. The van der Waals surface area contributed by atoms with Gasteiger partial charge in [0.15, 0.2) is 5.69 Å². The first-order chi connectivity index (χ1) is 7.47. The van der Waals surface area contributed by atoms with Gasteiger partial charge in [0.1, 0.15) is 5.56 Å². The van der Waals surface area contributed by atoms with E-state index in [-0.39, 0.29) is 23.9 Å². The van der Waals surface area contributed by atoms with Gasteiger partial charge >= 0.3 is 11.9 Å². The van der Waals surface area contributed by atoms with E-state index in [9.17, 15) is 9.59 Å². The molecular formula is C10H14N2O4. The zero-order valence-electron chi connectivity index (χ0n) is 9.43. The number of ether oxygens (including phenoxy) is 1. The van der Waals surface area contributed by atoms with Crippen LogP contribution in [0.15, 0.2) is 6.20 Å². The minimum atomic E-state index is -1.19. The van der Waals surface area contributed by atoms with Crippen LogP contribution in [0.3, 0.4) is 0 Å². The average molecular weight is 226 g/mol. The Balaban J connectivity index is 3.15. The summed E-state index contributed by atoms with van der Waals surface area (Å²) in [6, 6.07) is -0.0127. The van der Waals surface area contributed by atoms with Gasteiger partial charge in [0.2, 0.25) is 0 Å². The van der Waals surface area contributed by atoms with Crippen LogP contribution < -0.4 is 0 Å². The minimum Gasteiger partial charge on any atom is -0.478 e. The van der Waals surface area contributed by atoms with Crippen molar-refractivity contribution in [1.29, 1.82) is 0 Å². The number of esters is 1. The number of nitrogens with zero attached hydrogens (tertiary/aromatic N) is 2. The third kappa shape index (κ3) is 2.39. The largest absolute Gasteiger partial charge is 0.478 e. The van der Waals surface area contributed by atoms with Crippen molar-refractivity contribution in [2.75, 3.05) is 6.61 Å². The second-order valence-electron chi connectivity index (χ2n) is 3.49. The fourth-order valence-corrected chi connectivity index (χ4v) is 1.16. The molecule has 88 valence electrons. The third-order valence-electron chi connectivity index (χ3n) is 1.96. The number of carbonyl (C=O) groups is 2. The van der Waals surface area contributed by atoms with E-state index in [1.165, 1.54) is 10.9 Å². The predicted octanol–water partition coefficient (Wildman–Crippen LogP) is 1.34. The van der Waals surface area contributed by atoms with Gasteiger partial charge in [0.25, 0.3) is 0 Å². The molecule has 0 unspecified atom stereocenters. The van der Waals surface area contributed by atoms with Crippen molar-refractivity contribution in [3.05, 3.63) is 17.5 Å². The van der Waals surface area contributed by atoms with E-state index in [1.807, 2.05) is 13.8 Å². The first-order valence-corrected chi connectivity index (χ1v) is 4.97. The fourth-order valence-electron chi connectivity index (χ4n) is 1.16. The molecule has 0 radical (unpaired) electrons. The molecule has 0 bridgehead atoms. The maximum absolute atomic E-state index is 11.4. The van der Waals surface area contributed by atoms with Crippen molar-refractivity contribution in [3.63, 3.8) is 0 Å². The molecule has 1 aromatic rings. The van der Waals surface area contributed by atoms with Crippen molar-refractivity contribution < 1.29 is 19.4 Å². The molecule has 0 aromatic carbocycles. The molecular weight excluding hydrogens is 212 g/mol. The second kappa shape index (κ2) is 4.78. The van der Waals surface area contributed by atoms with Gasteiger partial charge in [-0.25, -0.2) is 9.59 Å². The normalized spacial score (nSPS) is 10.5. The lowest BCUT2D eigenvalue weighted by Crippen LogP contribution is -2.11. The molecule has 6 nitrogen and oxygen atoms in total. The molecule has 0 spiro atoms. The number of rotatable bonds is 4. The van der Waals surface area contributed by atoms with Crippen LogP contribution in [0.2, 0.25) is 0 Å². The molecule has 16 heavy (non-hydrogen) atoms. The van der Waals surface area contributed by atoms with Crippen molar-refractivity contribution in [3.8, 4) is 0 Å². The molecule has 0 aliphatic rings. The minimum absolute atomic E-state index is 0.0127. The molecule has 1 N–H and O–H groups in total. The first kappa shape index (κ1) is 12.2. The highest BCUT2D eigenvalue weighted by atomic mass is 16.5. The zero-order valence-corrected chi connectivity index (χ0v) is 9.43. The summed E-state index contributed by atoms with van der Waals surface area (Å²) < 4.78 is 6.16. The van der Waals surface area contributed by atoms with Crippen LogP contribution in [0.4, 0.5) is 0 Å². The smallest absolute Gasteiger partial charge is 0.359 e. The number of aromatic carboxylic acids is 1. The first-order valence-electron chi connectivity index (χ1n) is 4.97. The number of aromatic nitrogens is 2. The van der Waals surface area contributed by atoms with E-state index in [1.54, 1.807) is 6.92 Å². The summed E-state index contributed by atoms with van der Waals surface area (Å²) in [6.45, 7) is 5.52. The van der Waals surface area contributed by atoms with Crippen LogP contribution in [0.25, 0.3) is 0 Å². The van der Waals surface area contributed by atoms with Gasteiger partial charge in [-0.05, 0) is 20.8 Å². The van der Waals surface area contributed by atoms with E-state index in [4.69, 9.17) is 9.84 Å². The molecule has 0 amide bonds. The van der Waals surface area contributed by atoms with Crippen LogP contribution in [0, 0.1) is 0 Å². The van der Waals surface area contributed by atoms with Crippen LogP contribution in [-0.2, 0) is 4.74 Å². The molecule has 1 aromatic heterocycles. The Kier molecular flexibility index (Phi) is 3.65. The summed E-state index contributed by atoms with van der Waals surface area (Å²) in [5.41, 5.74) is -0.282. The fraction of sp³-hybridized carbons (Fsp3) is 0.500. The number of carboxylic acids is 1. The van der Waals surface area contributed by atoms with Crippen molar-refractivity contribution in [2.45, 2.75) is 26.8 Å². The summed E-state index contributed by atoms with van der Waals surface area (Å²) >= 11 is 0. The Morgan fingerprint density at radius 3 is 2.62 bits per heavy atom. The molecule has 0 aliphatic carbocycles. The lowest BCUT2D eigenvalue weighted by atomic mass is 10.2. The third-order valence-corrected chi connectivity index (χ3v) is 1.96. The Hall–Kier alpha value is -1.85. The molecule has 1 rings (SSSR count). The van der Waals surface area contributed by atoms with Gasteiger partial charge in [-0.3, -0.25) is 4.68 Å². The quantitative estimate of drug-likeness (QED) is 0.783. The van der Waals surface area contributed by atoms with Gasteiger partial charge < -0.3 is 9.84 Å². The SMILES string of the molecule is CCOC(=O)c1nn(C(C)C)cc1C(=O)O. The molecule has 0 saturated carbocycles. The van der Waals surface area contributed by atoms with Crippen LogP contribution in [0.1, 0.15) is 47.7 Å². The van der Waals surface area contributed by atoms with Gasteiger partial charge in [0.05, 0.1) is 6.61 Å². The van der Waals surface area contributed by atoms with E-state index in [0.29, 0.717) is 0 Å². The number of carbonyl (C=O) groups excluding carboxylic acids is 1. The number of carboxylic acid groups (broad SMARTS) is 1. The highest BCUT2D eigenvalue weighted by molar-refractivity contribution is 6.00. The van der Waals surface area contributed by atoms with Gasteiger partial charge in [-0.1, -0.05) is 0 Å². The number of hydrogen-bond acceptors (Lipinski definition) is 4. The molecule has 0 fully saturated rings. The van der Waals surface area contributed by atoms with E-state index in [0.717, 1.165) is 0 Å². The standard InChI is InChI=1S/C10H14N2O4/c1-4-16-10(15)8-7(9(13)14)5-12(11-8)6(2)3/h5-6H,4H2,1-3H3,(H,13,14). The van der Waals surface area contributed by atoms with Crippen molar-refractivity contribution in [2.24, 2.45) is 0 Å². The summed E-state index contributed by atoms with van der Waals surface area (Å²) in [4.78, 5) is 22.3. The summed E-state index contributed by atoms with van der Waals surface area (Å²) in [5.74, 6) is -1.89. The molecule has 0 saturated heterocycles. The highest BCUT2D eigenvalue weighted by Gasteiger charge is 2.23. The predicted molar refractivity (Wildman–Crippen MR) is 55.5 cm³/mol. The Morgan fingerprint density at radius 2 is 2.19 bits per heavy atom. The molecule has 6 heteroatoms. The summed E-state index contributed by atoms with van der Waals surface area (Å²) in [5, 5.41) is 12.8. The Morgan fingerprint density at radius 1 is 1.56 bits per heavy atom. The van der Waals surface area contributed by atoms with Gasteiger partial charge in [0, 0.05) is 12.2 Å². The lowest BCUT2D eigenvalue weighted by Gasteiger charge is -2.03. The lowest BCUT2D eigenvalue weighted by molar-refractivity contribution is 0.0507. The maximum atomic E-state index is 11.4. The zero-order chi connectivity index (χ0) is 12.3. The molecule has 0 aliphatic heterocycles. The second-order valence-corrected chi connectivity index (χ2v) is 3.49. The van der Waals surface area contributed by atoms with E-state index in [2.05, 4.69) is 5.10 Å². The van der Waals surface area contributed by atoms with Crippen LogP contribution >= 0.6 is 0 Å². The van der Waals surface area contributed by atoms with Gasteiger partial charge in [-0.2, -0.15) is 5.10 Å². The number of hydrogen-bond donors (Lipinski definition) is 1. The average Bonchev–Trinajstić information content (AvgIpc) is 2.62. The summed E-state index contributed by atoms with van der Waals surface area (Å²) in [7, 11) is 0. The monoisotopic (exact) mass is 226 g/mol. The molecule has 0 atom stereocenters. The van der Waals surface area contributed by atoms with Crippen LogP contribution in [0.5, 0.6) is 0 Å². The van der Waals surface area contributed by atoms with Crippen LogP contribution in [-0.4, -0.2) is 33.4 Å².